The fourth-order valence-corrected chi connectivity index (χ4v) is 2.85. The highest BCUT2D eigenvalue weighted by molar-refractivity contribution is 6.31. The minimum absolute atomic E-state index is 0.600. The number of aromatic nitrogens is 1. The third kappa shape index (κ3) is 4.08. The van der Waals surface area contributed by atoms with Gasteiger partial charge in [0.25, 0.3) is 0 Å². The van der Waals surface area contributed by atoms with Gasteiger partial charge < -0.3 is 15.0 Å². The third-order valence-corrected chi connectivity index (χ3v) is 4.07. The van der Waals surface area contributed by atoms with Crippen LogP contribution in [-0.4, -0.2) is 38.3 Å². The molecule has 0 aliphatic carbocycles. The molecule has 0 saturated carbocycles. The largest absolute Gasteiger partial charge is 0.384 e. The van der Waals surface area contributed by atoms with Gasteiger partial charge in [0, 0.05) is 32.9 Å². The first-order chi connectivity index (χ1) is 9.74. The third-order valence-electron chi connectivity index (χ3n) is 3.73. The number of nitrogens with one attached hydrogen (secondary N) is 1. The average molecular weight is 298 g/mol. The zero-order valence-electron chi connectivity index (χ0n) is 12.4. The van der Waals surface area contributed by atoms with Crippen LogP contribution in [0.3, 0.4) is 0 Å². The standard InChI is InChI=1S/C15H24ClN3O/c1-3-17-8-13-7-15(18-9-14(13)16)19-6-4-5-12(10-19)11-20-2/h7,9,12,17H,3-6,8,10-11H2,1-2H3. The van der Waals surface area contributed by atoms with Crippen LogP contribution in [0.25, 0.3) is 0 Å². The predicted molar refractivity (Wildman–Crippen MR) is 83.4 cm³/mol. The lowest BCUT2D eigenvalue weighted by Gasteiger charge is -2.33. The minimum Gasteiger partial charge on any atom is -0.384 e. The van der Waals surface area contributed by atoms with Crippen molar-refractivity contribution in [1.82, 2.24) is 10.3 Å². The van der Waals surface area contributed by atoms with E-state index >= 15 is 0 Å². The van der Waals surface area contributed by atoms with Crippen LogP contribution in [0.15, 0.2) is 12.3 Å². The van der Waals surface area contributed by atoms with Gasteiger partial charge in [-0.1, -0.05) is 18.5 Å². The van der Waals surface area contributed by atoms with Gasteiger partial charge in [-0.05, 0) is 36.9 Å². The summed E-state index contributed by atoms with van der Waals surface area (Å²) in [4.78, 5) is 6.84. The molecular weight excluding hydrogens is 274 g/mol. The molecule has 2 heterocycles. The molecule has 1 aliphatic heterocycles. The van der Waals surface area contributed by atoms with Gasteiger partial charge in [-0.2, -0.15) is 0 Å². The van der Waals surface area contributed by atoms with Crippen LogP contribution in [0.5, 0.6) is 0 Å². The normalized spacial score (nSPS) is 19.4. The lowest BCUT2D eigenvalue weighted by Crippen LogP contribution is -2.37. The molecule has 1 atom stereocenters. The fraction of sp³-hybridized carbons (Fsp3) is 0.667. The molecule has 5 heteroatoms. The first-order valence-corrected chi connectivity index (χ1v) is 7.71. The molecule has 1 N–H and O–H groups in total. The number of halogens is 1. The highest BCUT2D eigenvalue weighted by atomic mass is 35.5. The molecule has 1 saturated heterocycles. The summed E-state index contributed by atoms with van der Waals surface area (Å²) in [6.07, 6.45) is 4.20. The van der Waals surface area contributed by atoms with Crippen LogP contribution in [0.2, 0.25) is 5.02 Å². The SMILES string of the molecule is CCNCc1cc(N2CCCC(COC)C2)ncc1Cl. The first kappa shape index (κ1) is 15.5. The van der Waals surface area contributed by atoms with E-state index in [4.69, 9.17) is 16.3 Å². The maximum absolute atomic E-state index is 6.21. The van der Waals surface area contributed by atoms with E-state index in [2.05, 4.69) is 28.2 Å². The molecule has 1 fully saturated rings. The van der Waals surface area contributed by atoms with Gasteiger partial charge in [0.2, 0.25) is 0 Å². The van der Waals surface area contributed by atoms with Crippen molar-refractivity contribution in [1.29, 1.82) is 0 Å². The molecule has 20 heavy (non-hydrogen) atoms. The molecule has 1 aromatic rings. The number of anilines is 1. The molecule has 0 radical (unpaired) electrons. The fourth-order valence-electron chi connectivity index (χ4n) is 2.68. The zero-order valence-corrected chi connectivity index (χ0v) is 13.1. The average Bonchev–Trinajstić information content (AvgIpc) is 2.47. The molecule has 112 valence electrons. The Morgan fingerprint density at radius 2 is 2.40 bits per heavy atom. The van der Waals surface area contributed by atoms with E-state index in [0.717, 1.165) is 49.2 Å². The minimum atomic E-state index is 0.600. The van der Waals surface area contributed by atoms with Crippen LogP contribution < -0.4 is 10.2 Å². The zero-order chi connectivity index (χ0) is 14.4. The Morgan fingerprint density at radius 3 is 3.15 bits per heavy atom. The van der Waals surface area contributed by atoms with Crippen LogP contribution in [0.1, 0.15) is 25.3 Å². The maximum atomic E-state index is 6.21. The topological polar surface area (TPSA) is 37.4 Å². The Labute approximate surface area is 126 Å². The van der Waals surface area contributed by atoms with Crippen LogP contribution >= 0.6 is 11.6 Å². The number of pyridine rings is 1. The second-order valence-electron chi connectivity index (χ2n) is 5.32. The number of hydrogen-bond acceptors (Lipinski definition) is 4. The summed E-state index contributed by atoms with van der Waals surface area (Å²) >= 11 is 6.21. The van der Waals surface area contributed by atoms with Crippen molar-refractivity contribution >= 4 is 17.4 Å². The molecule has 1 aliphatic rings. The maximum Gasteiger partial charge on any atom is 0.128 e. The van der Waals surface area contributed by atoms with Gasteiger partial charge in [-0.15, -0.1) is 0 Å². The number of hydrogen-bond donors (Lipinski definition) is 1. The van der Waals surface area contributed by atoms with E-state index in [9.17, 15) is 0 Å². The summed E-state index contributed by atoms with van der Waals surface area (Å²) in [6.45, 7) is 6.73. The van der Waals surface area contributed by atoms with Crippen molar-refractivity contribution < 1.29 is 4.74 Å². The Kier molecular flexibility index (Phi) is 6.07. The Balaban J connectivity index is 2.07. The summed E-state index contributed by atoms with van der Waals surface area (Å²) in [5.41, 5.74) is 1.12. The second kappa shape index (κ2) is 7.81. The van der Waals surface area contributed by atoms with Gasteiger partial charge in [0.15, 0.2) is 0 Å². The molecule has 0 amide bonds. The van der Waals surface area contributed by atoms with E-state index in [-0.39, 0.29) is 0 Å². The Bertz CT molecular complexity index is 426. The summed E-state index contributed by atoms with van der Waals surface area (Å²) in [5.74, 6) is 1.63. The number of piperidine rings is 1. The molecule has 0 aromatic carbocycles. The summed E-state index contributed by atoms with van der Waals surface area (Å²) in [7, 11) is 1.77. The van der Waals surface area contributed by atoms with E-state index in [1.807, 2.05) is 0 Å². The Morgan fingerprint density at radius 1 is 1.55 bits per heavy atom. The molecule has 0 bridgehead atoms. The van der Waals surface area contributed by atoms with E-state index in [1.54, 1.807) is 13.3 Å². The predicted octanol–water partition coefficient (Wildman–Crippen LogP) is 2.71. The quantitative estimate of drug-likeness (QED) is 0.876. The second-order valence-corrected chi connectivity index (χ2v) is 5.73. The number of nitrogens with zero attached hydrogens (tertiary/aromatic N) is 2. The lowest BCUT2D eigenvalue weighted by atomic mass is 9.99. The van der Waals surface area contributed by atoms with Crippen molar-refractivity contribution in [2.45, 2.75) is 26.3 Å². The van der Waals surface area contributed by atoms with Crippen LogP contribution in [0.4, 0.5) is 5.82 Å². The summed E-state index contributed by atoms with van der Waals surface area (Å²) < 4.78 is 5.28. The highest BCUT2D eigenvalue weighted by Gasteiger charge is 2.21. The van der Waals surface area contributed by atoms with Crippen molar-refractivity contribution in [2.24, 2.45) is 5.92 Å². The van der Waals surface area contributed by atoms with Crippen molar-refractivity contribution in [3.8, 4) is 0 Å². The molecule has 2 rings (SSSR count). The van der Waals surface area contributed by atoms with Gasteiger partial charge in [0.05, 0.1) is 11.6 Å². The van der Waals surface area contributed by atoms with Gasteiger partial charge in [-0.3, -0.25) is 0 Å². The lowest BCUT2D eigenvalue weighted by molar-refractivity contribution is 0.143. The van der Waals surface area contributed by atoms with E-state index in [1.165, 1.54) is 12.8 Å². The summed E-state index contributed by atoms with van der Waals surface area (Å²) in [6, 6.07) is 2.11. The number of ether oxygens (including phenoxy) is 1. The highest BCUT2D eigenvalue weighted by Crippen LogP contribution is 2.25. The van der Waals surface area contributed by atoms with Crippen LogP contribution in [0, 0.1) is 5.92 Å². The number of methoxy groups -OCH3 is 1. The van der Waals surface area contributed by atoms with E-state index in [0.29, 0.717) is 5.92 Å². The summed E-state index contributed by atoms with van der Waals surface area (Å²) in [5, 5.41) is 4.05. The van der Waals surface area contributed by atoms with Crippen LogP contribution in [-0.2, 0) is 11.3 Å². The molecule has 0 spiro atoms. The van der Waals surface area contributed by atoms with Crippen molar-refractivity contribution in [3.63, 3.8) is 0 Å². The smallest absolute Gasteiger partial charge is 0.128 e. The number of rotatable bonds is 6. The van der Waals surface area contributed by atoms with Gasteiger partial charge in [0.1, 0.15) is 5.82 Å². The van der Waals surface area contributed by atoms with Gasteiger partial charge in [-0.25, -0.2) is 4.98 Å². The van der Waals surface area contributed by atoms with Gasteiger partial charge >= 0.3 is 0 Å². The monoisotopic (exact) mass is 297 g/mol. The van der Waals surface area contributed by atoms with Crippen molar-refractivity contribution in [2.75, 3.05) is 38.3 Å². The molecule has 1 aromatic heterocycles. The van der Waals surface area contributed by atoms with Crippen molar-refractivity contribution in [3.05, 3.63) is 22.8 Å². The van der Waals surface area contributed by atoms with E-state index < -0.39 is 0 Å². The Hall–Kier alpha value is -0.840. The first-order valence-electron chi connectivity index (χ1n) is 7.33. The molecular formula is C15H24ClN3O. The molecule has 4 nitrogen and oxygen atoms in total. The molecule has 1 unspecified atom stereocenters.